The number of carbonyl (C=O) groups is 2. The number of aromatic nitrogens is 2. The number of rotatable bonds is 8. The Balaban J connectivity index is 1.24. The molecule has 0 saturated heterocycles. The van der Waals surface area contributed by atoms with Gasteiger partial charge in [0.2, 0.25) is 11.0 Å². The summed E-state index contributed by atoms with van der Waals surface area (Å²) in [6.07, 6.45) is 0. The second-order valence-electron chi connectivity index (χ2n) is 6.71. The number of thioether (sulfide) groups is 1. The largest absolute Gasteiger partial charge is 0.330 e. The first kappa shape index (κ1) is 22.0. The molecule has 0 aliphatic heterocycles. The molecule has 162 valence electrons. The number of benzene rings is 2. The molecule has 2 amide bonds. The second kappa shape index (κ2) is 10.4. The zero-order valence-corrected chi connectivity index (χ0v) is 19.4. The summed E-state index contributed by atoms with van der Waals surface area (Å²) in [5.74, 6) is -0.0779. The molecule has 4 rings (SSSR count). The molecule has 7 nitrogen and oxygen atoms in total. The Kier molecular flexibility index (Phi) is 7.15. The van der Waals surface area contributed by atoms with Crippen LogP contribution in [0.2, 0.25) is 0 Å². The van der Waals surface area contributed by atoms with Crippen molar-refractivity contribution in [2.45, 2.75) is 11.3 Å². The van der Waals surface area contributed by atoms with Gasteiger partial charge in [0.05, 0.1) is 10.6 Å². The molecular formula is C22H19N5O2S3. The summed E-state index contributed by atoms with van der Waals surface area (Å²) in [7, 11) is 0. The fraction of sp³-hybridized carbons (Fsp3) is 0.0909. The molecule has 0 bridgehead atoms. The molecule has 0 saturated carbocycles. The van der Waals surface area contributed by atoms with Gasteiger partial charge in [0, 0.05) is 17.1 Å². The van der Waals surface area contributed by atoms with Crippen molar-refractivity contribution >= 4 is 68.4 Å². The minimum atomic E-state index is -0.151. The van der Waals surface area contributed by atoms with Crippen LogP contribution in [0.15, 0.2) is 70.4 Å². The SMILES string of the molecule is Cc1ccc(Nc2nnc(SCC(=O)Nc3ccc(NC(=O)c4cccs4)cc3)s2)cc1. The van der Waals surface area contributed by atoms with Gasteiger partial charge in [-0.05, 0) is 54.8 Å². The van der Waals surface area contributed by atoms with Crippen molar-refractivity contribution in [3.63, 3.8) is 0 Å². The van der Waals surface area contributed by atoms with Crippen molar-refractivity contribution in [3.8, 4) is 0 Å². The highest BCUT2D eigenvalue weighted by atomic mass is 32.2. The van der Waals surface area contributed by atoms with Crippen molar-refractivity contribution in [3.05, 3.63) is 76.5 Å². The van der Waals surface area contributed by atoms with Gasteiger partial charge in [0.25, 0.3) is 5.91 Å². The zero-order chi connectivity index (χ0) is 22.3. The summed E-state index contributed by atoms with van der Waals surface area (Å²) in [6.45, 7) is 2.03. The van der Waals surface area contributed by atoms with Crippen LogP contribution < -0.4 is 16.0 Å². The molecule has 3 N–H and O–H groups in total. The lowest BCUT2D eigenvalue weighted by atomic mass is 10.2. The summed E-state index contributed by atoms with van der Waals surface area (Å²) in [5, 5.41) is 19.7. The van der Waals surface area contributed by atoms with Gasteiger partial charge < -0.3 is 16.0 Å². The van der Waals surface area contributed by atoms with Crippen molar-refractivity contribution in [1.29, 1.82) is 0 Å². The molecule has 32 heavy (non-hydrogen) atoms. The fourth-order valence-corrected chi connectivity index (χ4v) is 4.83. The van der Waals surface area contributed by atoms with E-state index in [0.29, 0.717) is 25.7 Å². The highest BCUT2D eigenvalue weighted by Gasteiger charge is 2.10. The van der Waals surface area contributed by atoms with Crippen LogP contribution in [0, 0.1) is 6.92 Å². The topological polar surface area (TPSA) is 96.0 Å². The lowest BCUT2D eigenvalue weighted by Crippen LogP contribution is -2.14. The standard InChI is InChI=1S/C22H19N5O2S3/c1-14-4-6-17(7-5-14)25-21-26-27-22(32-21)31-13-19(28)23-15-8-10-16(11-9-15)24-20(29)18-3-2-12-30-18/h2-12H,13H2,1H3,(H,23,28)(H,24,29)(H,25,26). The van der Waals surface area contributed by atoms with E-state index in [-0.39, 0.29) is 17.6 Å². The summed E-state index contributed by atoms with van der Waals surface area (Å²) < 4.78 is 0.710. The van der Waals surface area contributed by atoms with Gasteiger partial charge >= 0.3 is 0 Å². The Bertz CT molecular complexity index is 1190. The molecule has 4 aromatic rings. The molecule has 2 aromatic carbocycles. The van der Waals surface area contributed by atoms with Gasteiger partial charge in [0.1, 0.15) is 0 Å². The van der Waals surface area contributed by atoms with E-state index < -0.39 is 0 Å². The Morgan fingerprint density at radius 2 is 1.59 bits per heavy atom. The van der Waals surface area contributed by atoms with Crippen molar-refractivity contribution < 1.29 is 9.59 Å². The third-order valence-electron chi connectivity index (χ3n) is 4.21. The molecule has 0 fully saturated rings. The lowest BCUT2D eigenvalue weighted by molar-refractivity contribution is -0.113. The van der Waals surface area contributed by atoms with Gasteiger partial charge in [-0.1, -0.05) is 46.9 Å². The smallest absolute Gasteiger partial charge is 0.265 e. The van der Waals surface area contributed by atoms with Gasteiger partial charge in [0.15, 0.2) is 4.34 Å². The van der Waals surface area contributed by atoms with Gasteiger partial charge in [-0.3, -0.25) is 9.59 Å². The third kappa shape index (κ3) is 6.16. The van der Waals surface area contributed by atoms with Gasteiger partial charge in [-0.15, -0.1) is 21.5 Å². The lowest BCUT2D eigenvalue weighted by Gasteiger charge is -2.07. The van der Waals surface area contributed by atoms with E-state index >= 15 is 0 Å². The number of anilines is 4. The van der Waals surface area contributed by atoms with Crippen LogP contribution in [0.5, 0.6) is 0 Å². The van der Waals surface area contributed by atoms with E-state index in [0.717, 1.165) is 5.69 Å². The van der Waals surface area contributed by atoms with E-state index in [1.165, 1.54) is 40.0 Å². The normalized spacial score (nSPS) is 10.5. The van der Waals surface area contributed by atoms with E-state index in [2.05, 4.69) is 26.1 Å². The first-order valence-electron chi connectivity index (χ1n) is 9.60. The second-order valence-corrected chi connectivity index (χ2v) is 9.86. The summed E-state index contributed by atoms with van der Waals surface area (Å²) in [5.41, 5.74) is 3.45. The number of thiophene rings is 1. The van der Waals surface area contributed by atoms with Crippen LogP contribution in [-0.2, 0) is 4.79 Å². The molecule has 2 heterocycles. The average molecular weight is 482 g/mol. The van der Waals surface area contributed by atoms with Crippen LogP contribution >= 0.6 is 34.4 Å². The summed E-state index contributed by atoms with van der Waals surface area (Å²) >= 11 is 4.11. The third-order valence-corrected chi connectivity index (χ3v) is 7.05. The van der Waals surface area contributed by atoms with E-state index in [1.54, 1.807) is 30.3 Å². The zero-order valence-electron chi connectivity index (χ0n) is 17.0. The maximum atomic E-state index is 12.3. The number of hydrogen-bond acceptors (Lipinski definition) is 8. The van der Waals surface area contributed by atoms with Crippen molar-refractivity contribution in [1.82, 2.24) is 10.2 Å². The minimum absolute atomic E-state index is 0.145. The van der Waals surface area contributed by atoms with Gasteiger partial charge in [-0.25, -0.2) is 0 Å². The quantitative estimate of drug-likeness (QED) is 0.282. The molecule has 0 aliphatic rings. The van der Waals surface area contributed by atoms with Crippen molar-refractivity contribution in [2.24, 2.45) is 0 Å². The maximum Gasteiger partial charge on any atom is 0.265 e. The highest BCUT2D eigenvalue weighted by molar-refractivity contribution is 8.01. The van der Waals surface area contributed by atoms with Crippen LogP contribution in [0.3, 0.4) is 0 Å². The number of nitrogens with one attached hydrogen (secondary N) is 3. The van der Waals surface area contributed by atoms with Crippen LogP contribution in [0.25, 0.3) is 0 Å². The Morgan fingerprint density at radius 3 is 2.28 bits per heavy atom. The number of amides is 2. The van der Waals surface area contributed by atoms with E-state index in [1.807, 2.05) is 42.6 Å². The Morgan fingerprint density at radius 1 is 0.906 bits per heavy atom. The monoisotopic (exact) mass is 481 g/mol. The summed E-state index contributed by atoms with van der Waals surface area (Å²) in [6, 6.07) is 18.6. The van der Waals surface area contributed by atoms with E-state index in [9.17, 15) is 9.59 Å². The molecule has 10 heteroatoms. The molecule has 0 aliphatic carbocycles. The highest BCUT2D eigenvalue weighted by Crippen LogP contribution is 2.28. The van der Waals surface area contributed by atoms with Gasteiger partial charge in [-0.2, -0.15) is 0 Å². The molecule has 2 aromatic heterocycles. The number of nitrogens with zero attached hydrogens (tertiary/aromatic N) is 2. The first-order chi connectivity index (χ1) is 15.5. The van der Waals surface area contributed by atoms with Crippen LogP contribution in [-0.4, -0.2) is 27.8 Å². The fourth-order valence-electron chi connectivity index (χ4n) is 2.64. The predicted octanol–water partition coefficient (Wildman–Crippen LogP) is 5.63. The van der Waals surface area contributed by atoms with Crippen LogP contribution in [0.4, 0.5) is 22.2 Å². The molecular weight excluding hydrogens is 462 g/mol. The summed E-state index contributed by atoms with van der Waals surface area (Å²) in [4.78, 5) is 25.0. The minimum Gasteiger partial charge on any atom is -0.330 e. The maximum absolute atomic E-state index is 12.3. The average Bonchev–Trinajstić information content (AvgIpc) is 3.48. The molecule has 0 atom stereocenters. The molecule has 0 spiro atoms. The first-order valence-corrected chi connectivity index (χ1v) is 12.3. The van der Waals surface area contributed by atoms with E-state index in [4.69, 9.17) is 0 Å². The van der Waals surface area contributed by atoms with Crippen LogP contribution in [0.1, 0.15) is 15.2 Å². The number of carbonyl (C=O) groups excluding carboxylic acids is 2. The van der Waals surface area contributed by atoms with Crippen molar-refractivity contribution in [2.75, 3.05) is 21.7 Å². The number of hydrogen-bond donors (Lipinski definition) is 3. The molecule has 0 unspecified atom stereocenters. The Labute approximate surface area is 197 Å². The molecule has 0 radical (unpaired) electrons. The Hall–Kier alpha value is -3.21. The number of aryl methyl sites for hydroxylation is 1. The predicted molar refractivity (Wildman–Crippen MR) is 132 cm³/mol.